The first kappa shape index (κ1) is 25.4. The van der Waals surface area contributed by atoms with Gasteiger partial charge in [-0.05, 0) is 60.5 Å². The number of imide groups is 2. The van der Waals surface area contributed by atoms with Crippen LogP contribution in [0.25, 0.3) is 6.08 Å². The first-order valence-electron chi connectivity index (χ1n) is 11.1. The molecule has 0 aromatic heterocycles. The average molecular weight is 522 g/mol. The molecule has 37 heavy (non-hydrogen) atoms. The van der Waals surface area contributed by atoms with Gasteiger partial charge in [0.25, 0.3) is 17.5 Å². The molecule has 3 aromatic carbocycles. The number of non-ortho nitro benzene ring substituents is 1. The molecule has 0 unspecified atom stereocenters. The van der Waals surface area contributed by atoms with E-state index in [1.807, 2.05) is 0 Å². The number of amides is 4. The molecule has 1 N–H and O–H groups in total. The summed E-state index contributed by atoms with van der Waals surface area (Å²) in [4.78, 5) is 49.3. The Morgan fingerprint density at radius 3 is 2.46 bits per heavy atom. The number of nitrogens with zero attached hydrogens (tertiary/aromatic N) is 2. The van der Waals surface area contributed by atoms with E-state index in [-0.39, 0.29) is 23.6 Å². The highest BCUT2D eigenvalue weighted by Gasteiger charge is 2.36. The topological polar surface area (TPSA) is 128 Å². The van der Waals surface area contributed by atoms with Crippen LogP contribution < -0.4 is 19.7 Å². The number of nitrogens with one attached hydrogen (secondary N) is 1. The van der Waals surface area contributed by atoms with Crippen LogP contribution in [0.4, 0.5) is 16.2 Å². The van der Waals surface area contributed by atoms with Crippen LogP contribution in [0.5, 0.6) is 11.5 Å². The zero-order valence-electron chi connectivity index (χ0n) is 19.5. The molecular formula is C26H20ClN3O7. The fourth-order valence-corrected chi connectivity index (χ4v) is 3.70. The summed E-state index contributed by atoms with van der Waals surface area (Å²) in [6, 6.07) is 16.0. The van der Waals surface area contributed by atoms with Crippen LogP contribution >= 0.6 is 11.6 Å². The van der Waals surface area contributed by atoms with Gasteiger partial charge in [-0.1, -0.05) is 29.8 Å². The van der Waals surface area contributed by atoms with Crippen molar-refractivity contribution in [1.29, 1.82) is 0 Å². The number of barbiturate groups is 1. The zero-order chi connectivity index (χ0) is 26.5. The van der Waals surface area contributed by atoms with Crippen LogP contribution in [0.2, 0.25) is 5.02 Å². The van der Waals surface area contributed by atoms with E-state index in [2.05, 4.69) is 5.32 Å². The van der Waals surface area contributed by atoms with E-state index in [1.165, 1.54) is 42.5 Å². The summed E-state index contributed by atoms with van der Waals surface area (Å²) in [5, 5.41) is 13.6. The third-order valence-electron chi connectivity index (χ3n) is 5.28. The fourth-order valence-electron chi connectivity index (χ4n) is 3.57. The van der Waals surface area contributed by atoms with Crippen molar-refractivity contribution in [2.45, 2.75) is 13.5 Å². The number of rotatable bonds is 8. The van der Waals surface area contributed by atoms with Crippen molar-refractivity contribution in [3.05, 3.63) is 98.6 Å². The Morgan fingerprint density at radius 1 is 1.00 bits per heavy atom. The lowest BCUT2D eigenvalue weighted by Crippen LogP contribution is -2.54. The van der Waals surface area contributed by atoms with Crippen molar-refractivity contribution in [2.24, 2.45) is 0 Å². The Bertz CT molecular complexity index is 1420. The summed E-state index contributed by atoms with van der Waals surface area (Å²) in [6.45, 7) is 2.15. The molecule has 0 aliphatic carbocycles. The second-order valence-electron chi connectivity index (χ2n) is 7.79. The summed E-state index contributed by atoms with van der Waals surface area (Å²) in [5.74, 6) is -0.909. The largest absolute Gasteiger partial charge is 0.490 e. The van der Waals surface area contributed by atoms with Gasteiger partial charge in [-0.3, -0.25) is 25.0 Å². The molecule has 0 atom stereocenters. The minimum absolute atomic E-state index is 0.0466. The molecule has 1 heterocycles. The maximum atomic E-state index is 13.1. The fraction of sp³-hybridized carbons (Fsp3) is 0.115. The maximum absolute atomic E-state index is 13.1. The quantitative estimate of drug-likeness (QED) is 0.193. The summed E-state index contributed by atoms with van der Waals surface area (Å²) in [6.07, 6.45) is 1.35. The van der Waals surface area contributed by atoms with Gasteiger partial charge in [-0.15, -0.1) is 0 Å². The minimum Gasteiger partial charge on any atom is -0.490 e. The van der Waals surface area contributed by atoms with E-state index >= 15 is 0 Å². The molecule has 3 aromatic rings. The second-order valence-corrected chi connectivity index (χ2v) is 8.23. The van der Waals surface area contributed by atoms with Gasteiger partial charge in [0.2, 0.25) is 0 Å². The van der Waals surface area contributed by atoms with E-state index in [1.54, 1.807) is 37.3 Å². The van der Waals surface area contributed by atoms with Gasteiger partial charge >= 0.3 is 6.03 Å². The van der Waals surface area contributed by atoms with E-state index in [0.29, 0.717) is 34.3 Å². The van der Waals surface area contributed by atoms with Crippen molar-refractivity contribution in [2.75, 3.05) is 11.5 Å². The van der Waals surface area contributed by atoms with Gasteiger partial charge in [-0.25, -0.2) is 9.69 Å². The molecule has 0 saturated carbocycles. The predicted molar refractivity (Wildman–Crippen MR) is 135 cm³/mol. The monoisotopic (exact) mass is 521 g/mol. The molecule has 0 bridgehead atoms. The molecule has 10 nitrogen and oxygen atoms in total. The number of hydrogen-bond donors (Lipinski definition) is 1. The van der Waals surface area contributed by atoms with E-state index in [4.69, 9.17) is 21.1 Å². The number of halogens is 1. The van der Waals surface area contributed by atoms with Crippen molar-refractivity contribution < 1.29 is 28.8 Å². The van der Waals surface area contributed by atoms with Gasteiger partial charge < -0.3 is 9.47 Å². The number of carbonyl (C=O) groups excluding carboxylic acids is 3. The predicted octanol–water partition coefficient (Wildman–Crippen LogP) is 4.89. The molecule has 4 amide bonds. The summed E-state index contributed by atoms with van der Waals surface area (Å²) in [5.41, 5.74) is 1.01. The minimum atomic E-state index is -0.866. The Hall–Kier alpha value is -4.70. The number of anilines is 1. The third kappa shape index (κ3) is 5.76. The second kappa shape index (κ2) is 10.9. The Labute approximate surface area is 216 Å². The van der Waals surface area contributed by atoms with Gasteiger partial charge in [-0.2, -0.15) is 0 Å². The van der Waals surface area contributed by atoms with Crippen molar-refractivity contribution in [1.82, 2.24) is 5.32 Å². The Balaban J connectivity index is 1.59. The standard InChI is InChI=1S/C26H20ClN3O7/c1-2-36-23-14-16(6-11-22(23)37-15-17-4-3-5-20(12-17)30(34)35)13-21-24(31)28-26(33)29(25(21)32)19-9-7-18(27)8-10-19/h3-14H,2,15H2,1H3,(H,28,31,33)/b21-13+. The summed E-state index contributed by atoms with van der Waals surface area (Å²) < 4.78 is 11.5. The Morgan fingerprint density at radius 2 is 1.76 bits per heavy atom. The SMILES string of the molecule is CCOc1cc(/C=C2\C(=O)NC(=O)N(c3ccc(Cl)cc3)C2=O)ccc1OCc1cccc([N+](=O)[O-])c1. The number of nitro groups is 1. The highest BCUT2D eigenvalue weighted by atomic mass is 35.5. The molecular weight excluding hydrogens is 502 g/mol. The van der Waals surface area contributed by atoms with Crippen LogP contribution in [-0.2, 0) is 16.2 Å². The van der Waals surface area contributed by atoms with E-state index < -0.39 is 22.8 Å². The van der Waals surface area contributed by atoms with Crippen LogP contribution in [0.15, 0.2) is 72.3 Å². The first-order valence-corrected chi connectivity index (χ1v) is 11.4. The highest BCUT2D eigenvalue weighted by molar-refractivity contribution is 6.39. The third-order valence-corrected chi connectivity index (χ3v) is 5.53. The number of ether oxygens (including phenoxy) is 2. The molecule has 188 valence electrons. The zero-order valence-corrected chi connectivity index (χ0v) is 20.2. The number of carbonyl (C=O) groups is 3. The molecule has 0 radical (unpaired) electrons. The number of hydrogen-bond acceptors (Lipinski definition) is 7. The van der Waals surface area contributed by atoms with E-state index in [0.717, 1.165) is 4.90 Å². The number of urea groups is 1. The molecule has 1 aliphatic rings. The van der Waals surface area contributed by atoms with Crippen LogP contribution in [0.1, 0.15) is 18.1 Å². The van der Waals surface area contributed by atoms with E-state index in [9.17, 15) is 24.5 Å². The van der Waals surface area contributed by atoms with Crippen molar-refractivity contribution in [3.8, 4) is 11.5 Å². The van der Waals surface area contributed by atoms with Crippen molar-refractivity contribution in [3.63, 3.8) is 0 Å². The first-order chi connectivity index (χ1) is 17.8. The molecule has 4 rings (SSSR count). The molecule has 1 aliphatic heterocycles. The lowest BCUT2D eigenvalue weighted by atomic mass is 10.1. The molecule has 11 heteroatoms. The normalized spacial score (nSPS) is 14.5. The average Bonchev–Trinajstić information content (AvgIpc) is 2.87. The highest BCUT2D eigenvalue weighted by Crippen LogP contribution is 2.31. The van der Waals surface area contributed by atoms with Gasteiger partial charge in [0.15, 0.2) is 11.5 Å². The van der Waals surface area contributed by atoms with Crippen LogP contribution in [0.3, 0.4) is 0 Å². The van der Waals surface area contributed by atoms with Gasteiger partial charge in [0.1, 0.15) is 12.2 Å². The summed E-state index contributed by atoms with van der Waals surface area (Å²) >= 11 is 5.89. The van der Waals surface area contributed by atoms with Gasteiger partial charge in [0.05, 0.1) is 17.2 Å². The Kier molecular flexibility index (Phi) is 7.49. The smallest absolute Gasteiger partial charge is 0.335 e. The lowest BCUT2D eigenvalue weighted by molar-refractivity contribution is -0.384. The molecule has 1 fully saturated rings. The van der Waals surface area contributed by atoms with Crippen molar-refractivity contribution >= 4 is 46.9 Å². The lowest BCUT2D eigenvalue weighted by Gasteiger charge is -2.26. The number of benzene rings is 3. The van der Waals surface area contributed by atoms with Crippen LogP contribution in [0, 0.1) is 10.1 Å². The number of nitro benzene ring substituents is 1. The van der Waals surface area contributed by atoms with Gasteiger partial charge in [0, 0.05) is 17.2 Å². The van der Waals surface area contributed by atoms with Crippen LogP contribution in [-0.4, -0.2) is 29.4 Å². The summed E-state index contributed by atoms with van der Waals surface area (Å²) in [7, 11) is 0. The molecule has 1 saturated heterocycles. The maximum Gasteiger partial charge on any atom is 0.335 e. The molecule has 0 spiro atoms.